The van der Waals surface area contributed by atoms with E-state index >= 15 is 0 Å². The Hall–Kier alpha value is -2.63. The van der Waals surface area contributed by atoms with Gasteiger partial charge in [0.15, 0.2) is 5.65 Å². The van der Waals surface area contributed by atoms with Gasteiger partial charge in [0.2, 0.25) is 0 Å². The van der Waals surface area contributed by atoms with E-state index in [0.29, 0.717) is 17.7 Å². The second kappa shape index (κ2) is 5.63. The second-order valence-corrected chi connectivity index (χ2v) is 5.35. The number of nitrogens with zero attached hydrogens (tertiary/aromatic N) is 3. The Morgan fingerprint density at radius 3 is 2.68 bits per heavy atom. The zero-order valence-electron chi connectivity index (χ0n) is 12.7. The lowest BCUT2D eigenvalue weighted by molar-refractivity contribution is 0.589. The molecule has 0 aliphatic heterocycles. The van der Waals surface area contributed by atoms with Crippen LogP contribution in [-0.4, -0.2) is 19.1 Å². The van der Waals surface area contributed by atoms with Crippen LogP contribution in [0.25, 0.3) is 11.2 Å². The van der Waals surface area contributed by atoms with E-state index in [-0.39, 0.29) is 17.8 Å². The highest BCUT2D eigenvalue weighted by Gasteiger charge is 2.15. The lowest BCUT2D eigenvalue weighted by Gasteiger charge is -2.11. The molecular formula is C16H18N4O2. The molecule has 2 aromatic heterocycles. The molecule has 0 atom stereocenters. The molecule has 22 heavy (non-hydrogen) atoms. The Bertz CT molecular complexity index is 933. The minimum Gasteiger partial charge on any atom is -0.339 e. The summed E-state index contributed by atoms with van der Waals surface area (Å²) in [5.74, 6) is 0. The molecule has 6 nitrogen and oxygen atoms in total. The lowest BCUT2D eigenvalue weighted by Crippen LogP contribution is -2.40. The van der Waals surface area contributed by atoms with Crippen molar-refractivity contribution in [1.82, 2.24) is 19.1 Å². The summed E-state index contributed by atoms with van der Waals surface area (Å²) in [7, 11) is 0. The van der Waals surface area contributed by atoms with Crippen LogP contribution in [-0.2, 0) is 13.1 Å². The number of hydrogen-bond acceptors (Lipinski definition) is 3. The van der Waals surface area contributed by atoms with Crippen molar-refractivity contribution in [2.24, 2.45) is 0 Å². The van der Waals surface area contributed by atoms with Crippen LogP contribution in [0.1, 0.15) is 24.5 Å². The minimum absolute atomic E-state index is 0.267. The molecule has 0 spiro atoms. The van der Waals surface area contributed by atoms with Crippen LogP contribution in [0.4, 0.5) is 0 Å². The molecule has 0 unspecified atom stereocenters. The van der Waals surface area contributed by atoms with Crippen molar-refractivity contribution in [2.75, 3.05) is 0 Å². The maximum Gasteiger partial charge on any atom is 0.333 e. The molecule has 1 N–H and O–H groups in total. The van der Waals surface area contributed by atoms with Crippen molar-refractivity contribution in [1.29, 1.82) is 0 Å². The van der Waals surface area contributed by atoms with Gasteiger partial charge in [0.1, 0.15) is 5.52 Å². The van der Waals surface area contributed by atoms with Crippen molar-refractivity contribution in [3.05, 3.63) is 62.6 Å². The van der Waals surface area contributed by atoms with Crippen LogP contribution in [0.5, 0.6) is 0 Å². The molecule has 0 fully saturated rings. The minimum atomic E-state index is -0.326. The lowest BCUT2D eigenvalue weighted by atomic mass is 10.1. The van der Waals surface area contributed by atoms with Crippen molar-refractivity contribution >= 4 is 11.2 Å². The van der Waals surface area contributed by atoms with Crippen molar-refractivity contribution < 1.29 is 0 Å². The highest BCUT2D eigenvalue weighted by atomic mass is 16.2. The van der Waals surface area contributed by atoms with E-state index in [0.717, 1.165) is 17.5 Å². The predicted molar refractivity (Wildman–Crippen MR) is 85.2 cm³/mol. The Morgan fingerprint density at radius 2 is 1.95 bits per heavy atom. The van der Waals surface area contributed by atoms with Crippen LogP contribution in [0, 0.1) is 6.92 Å². The Morgan fingerprint density at radius 1 is 1.18 bits per heavy atom. The first-order valence-corrected chi connectivity index (χ1v) is 7.34. The summed E-state index contributed by atoms with van der Waals surface area (Å²) >= 11 is 0. The van der Waals surface area contributed by atoms with Gasteiger partial charge in [-0.15, -0.1) is 0 Å². The Kier molecular flexibility index (Phi) is 3.66. The van der Waals surface area contributed by atoms with E-state index < -0.39 is 0 Å². The summed E-state index contributed by atoms with van der Waals surface area (Å²) in [5, 5.41) is 0. The molecule has 0 amide bonds. The van der Waals surface area contributed by atoms with Gasteiger partial charge in [-0.25, -0.2) is 9.78 Å². The van der Waals surface area contributed by atoms with Gasteiger partial charge in [0.25, 0.3) is 5.56 Å². The first-order valence-electron chi connectivity index (χ1n) is 7.34. The van der Waals surface area contributed by atoms with Gasteiger partial charge in [-0.2, -0.15) is 0 Å². The number of benzene rings is 1. The molecule has 2 heterocycles. The van der Waals surface area contributed by atoms with Crippen LogP contribution in [0.15, 0.2) is 40.2 Å². The number of aromatic nitrogens is 4. The Balaban J connectivity index is 2.23. The average Bonchev–Trinajstić information content (AvgIpc) is 2.99. The SMILES string of the molecule is CCCn1c(=O)n(Cc2ccccc2C)c(=O)c2[nH]cnc21. The molecule has 0 saturated heterocycles. The molecular weight excluding hydrogens is 280 g/mol. The normalized spacial score (nSPS) is 11.2. The molecule has 1 aromatic carbocycles. The van der Waals surface area contributed by atoms with Crippen molar-refractivity contribution in [2.45, 2.75) is 33.4 Å². The highest BCUT2D eigenvalue weighted by molar-refractivity contribution is 5.68. The number of aromatic amines is 1. The van der Waals surface area contributed by atoms with Gasteiger partial charge >= 0.3 is 5.69 Å². The van der Waals surface area contributed by atoms with Crippen LogP contribution < -0.4 is 11.2 Å². The fourth-order valence-corrected chi connectivity index (χ4v) is 2.63. The van der Waals surface area contributed by atoms with E-state index in [1.54, 1.807) is 4.57 Å². The maximum absolute atomic E-state index is 12.7. The second-order valence-electron chi connectivity index (χ2n) is 5.35. The molecule has 0 aliphatic carbocycles. The number of imidazole rings is 1. The van der Waals surface area contributed by atoms with Gasteiger partial charge in [0.05, 0.1) is 12.9 Å². The van der Waals surface area contributed by atoms with Crippen LogP contribution >= 0.6 is 0 Å². The van der Waals surface area contributed by atoms with Gasteiger partial charge in [-0.3, -0.25) is 13.9 Å². The van der Waals surface area contributed by atoms with Crippen molar-refractivity contribution in [3.8, 4) is 0 Å². The van der Waals surface area contributed by atoms with E-state index in [2.05, 4.69) is 9.97 Å². The number of nitrogens with one attached hydrogen (secondary N) is 1. The summed E-state index contributed by atoms with van der Waals surface area (Å²) < 4.78 is 2.84. The number of rotatable bonds is 4. The Labute approximate surface area is 127 Å². The van der Waals surface area contributed by atoms with E-state index in [4.69, 9.17) is 0 Å². The molecule has 6 heteroatoms. The maximum atomic E-state index is 12.7. The zero-order chi connectivity index (χ0) is 15.7. The molecule has 3 rings (SSSR count). The summed E-state index contributed by atoms with van der Waals surface area (Å²) in [6, 6.07) is 7.75. The molecule has 3 aromatic rings. The molecule has 0 aliphatic rings. The van der Waals surface area contributed by atoms with Gasteiger partial charge < -0.3 is 4.98 Å². The van der Waals surface area contributed by atoms with E-state index in [1.165, 1.54) is 10.9 Å². The quantitative estimate of drug-likeness (QED) is 0.796. The molecule has 0 bridgehead atoms. The molecule has 114 valence electrons. The fourth-order valence-electron chi connectivity index (χ4n) is 2.63. The number of aryl methyl sites for hydroxylation is 2. The van der Waals surface area contributed by atoms with Crippen LogP contribution in [0.3, 0.4) is 0 Å². The summed E-state index contributed by atoms with van der Waals surface area (Å²) in [6.07, 6.45) is 2.25. The number of H-pyrrole nitrogens is 1. The fraction of sp³-hybridized carbons (Fsp3) is 0.312. The molecule has 0 saturated carbocycles. The summed E-state index contributed by atoms with van der Waals surface area (Å²) in [4.78, 5) is 32.2. The van der Waals surface area contributed by atoms with Crippen LogP contribution in [0.2, 0.25) is 0 Å². The first kappa shape index (κ1) is 14.3. The average molecular weight is 298 g/mol. The van der Waals surface area contributed by atoms with Gasteiger partial charge in [0, 0.05) is 6.54 Å². The first-order chi connectivity index (χ1) is 10.6. The third-order valence-electron chi connectivity index (χ3n) is 3.83. The van der Waals surface area contributed by atoms with Gasteiger partial charge in [-0.1, -0.05) is 31.2 Å². The third-order valence-corrected chi connectivity index (χ3v) is 3.83. The summed E-state index contributed by atoms with van der Waals surface area (Å²) in [6.45, 7) is 4.76. The van der Waals surface area contributed by atoms with E-state index in [1.807, 2.05) is 38.1 Å². The zero-order valence-corrected chi connectivity index (χ0v) is 12.7. The smallest absolute Gasteiger partial charge is 0.333 e. The standard InChI is InChI=1S/C16H18N4O2/c1-3-8-19-14-13(17-10-18-14)15(21)20(16(19)22)9-12-7-5-4-6-11(12)2/h4-7,10H,3,8-9H2,1-2H3,(H,17,18). The third kappa shape index (κ3) is 2.26. The molecule has 0 radical (unpaired) electrons. The van der Waals surface area contributed by atoms with E-state index in [9.17, 15) is 9.59 Å². The predicted octanol–water partition coefficient (Wildman–Crippen LogP) is 1.65. The topological polar surface area (TPSA) is 72.7 Å². The van der Waals surface area contributed by atoms with Crippen molar-refractivity contribution in [3.63, 3.8) is 0 Å². The number of hydrogen-bond donors (Lipinski definition) is 1. The summed E-state index contributed by atoms with van der Waals surface area (Å²) in [5.41, 5.74) is 2.19. The highest BCUT2D eigenvalue weighted by Crippen LogP contribution is 2.08. The monoisotopic (exact) mass is 298 g/mol. The largest absolute Gasteiger partial charge is 0.339 e. The number of fused-ring (bicyclic) bond motifs is 1. The van der Waals surface area contributed by atoms with Gasteiger partial charge in [-0.05, 0) is 24.5 Å².